The van der Waals surface area contributed by atoms with Crippen LogP contribution < -0.4 is 5.56 Å². The Morgan fingerprint density at radius 2 is 1.87 bits per heavy atom. The lowest BCUT2D eigenvalue weighted by Crippen LogP contribution is -2.40. The van der Waals surface area contributed by atoms with E-state index in [1.807, 2.05) is 61.2 Å². The summed E-state index contributed by atoms with van der Waals surface area (Å²) in [6, 6.07) is 13.4. The van der Waals surface area contributed by atoms with Gasteiger partial charge in [-0.3, -0.25) is 14.2 Å². The summed E-state index contributed by atoms with van der Waals surface area (Å²) >= 11 is 1.35. The summed E-state index contributed by atoms with van der Waals surface area (Å²) in [5, 5.41) is 1.15. The molecule has 1 aromatic heterocycles. The van der Waals surface area contributed by atoms with Gasteiger partial charge < -0.3 is 4.90 Å². The minimum Gasteiger partial charge on any atom is -0.342 e. The first-order chi connectivity index (χ1) is 14.5. The molecule has 1 fully saturated rings. The standard InChI is InChI=1S/C24H27N3O2S/c1-16-8-7-13-26(14-16)21(28)15-30-24-25-20-12-5-4-11-19(20)23(29)27(24)22-17(2)9-6-10-18(22)3/h4-6,9-12,16H,7-8,13-15H2,1-3H3/t16-/m0/s1. The zero-order chi connectivity index (χ0) is 21.3. The van der Waals surface area contributed by atoms with Crippen LogP contribution in [0.25, 0.3) is 16.6 Å². The average molecular weight is 422 g/mol. The molecular weight excluding hydrogens is 394 g/mol. The van der Waals surface area contributed by atoms with Crippen LogP contribution in [0.1, 0.15) is 30.9 Å². The van der Waals surface area contributed by atoms with Crippen LogP contribution in [0.4, 0.5) is 0 Å². The Morgan fingerprint density at radius 3 is 2.60 bits per heavy atom. The number of para-hydroxylation sites is 2. The highest BCUT2D eigenvalue weighted by Gasteiger charge is 2.22. The highest BCUT2D eigenvalue weighted by Crippen LogP contribution is 2.26. The van der Waals surface area contributed by atoms with E-state index in [0.29, 0.717) is 22.0 Å². The molecule has 0 aliphatic carbocycles. The van der Waals surface area contributed by atoms with Gasteiger partial charge in [0.05, 0.1) is 22.3 Å². The van der Waals surface area contributed by atoms with E-state index >= 15 is 0 Å². The van der Waals surface area contributed by atoms with Crippen molar-refractivity contribution in [2.45, 2.75) is 38.8 Å². The number of rotatable bonds is 4. The number of benzene rings is 2. The fraction of sp³-hybridized carbons (Fsp3) is 0.375. The number of likely N-dealkylation sites (tertiary alicyclic amines) is 1. The van der Waals surface area contributed by atoms with Crippen molar-refractivity contribution in [2.24, 2.45) is 5.92 Å². The topological polar surface area (TPSA) is 55.2 Å². The summed E-state index contributed by atoms with van der Waals surface area (Å²) in [7, 11) is 0. The molecule has 5 nitrogen and oxygen atoms in total. The van der Waals surface area contributed by atoms with Crippen LogP contribution in [0.5, 0.6) is 0 Å². The molecule has 1 amide bonds. The summed E-state index contributed by atoms with van der Waals surface area (Å²) in [5.74, 6) is 0.934. The fourth-order valence-corrected chi connectivity index (χ4v) is 5.10. The second-order valence-corrected chi connectivity index (χ2v) is 9.11. The summed E-state index contributed by atoms with van der Waals surface area (Å²) in [6.07, 6.45) is 2.23. The number of fused-ring (bicyclic) bond motifs is 1. The normalized spacial score (nSPS) is 16.8. The lowest BCUT2D eigenvalue weighted by atomic mass is 10.0. The van der Waals surface area contributed by atoms with Gasteiger partial charge in [0.15, 0.2) is 5.16 Å². The number of hydrogen-bond acceptors (Lipinski definition) is 4. The summed E-state index contributed by atoms with van der Waals surface area (Å²) in [6.45, 7) is 7.82. The van der Waals surface area contributed by atoms with Crippen molar-refractivity contribution in [1.82, 2.24) is 14.5 Å². The summed E-state index contributed by atoms with van der Waals surface area (Å²) < 4.78 is 1.68. The molecule has 30 heavy (non-hydrogen) atoms. The molecule has 1 aliphatic rings. The van der Waals surface area contributed by atoms with Crippen molar-refractivity contribution >= 4 is 28.6 Å². The van der Waals surface area contributed by atoms with E-state index in [4.69, 9.17) is 4.98 Å². The van der Waals surface area contributed by atoms with Gasteiger partial charge in [-0.25, -0.2) is 4.98 Å². The van der Waals surface area contributed by atoms with E-state index in [9.17, 15) is 9.59 Å². The van der Waals surface area contributed by atoms with E-state index in [0.717, 1.165) is 36.3 Å². The molecule has 3 aromatic rings. The molecule has 0 N–H and O–H groups in total. The highest BCUT2D eigenvalue weighted by molar-refractivity contribution is 7.99. The maximum Gasteiger partial charge on any atom is 0.266 e. The number of aryl methyl sites for hydroxylation is 2. The van der Waals surface area contributed by atoms with Crippen LogP contribution in [0, 0.1) is 19.8 Å². The largest absolute Gasteiger partial charge is 0.342 e. The monoisotopic (exact) mass is 421 g/mol. The molecule has 6 heteroatoms. The highest BCUT2D eigenvalue weighted by atomic mass is 32.2. The first-order valence-electron chi connectivity index (χ1n) is 10.4. The van der Waals surface area contributed by atoms with Gasteiger partial charge in [0.25, 0.3) is 5.56 Å². The minimum atomic E-state index is -0.0976. The lowest BCUT2D eigenvalue weighted by molar-refractivity contribution is -0.130. The molecule has 0 bridgehead atoms. The van der Waals surface area contributed by atoms with Gasteiger partial charge in [0.2, 0.25) is 5.91 Å². The van der Waals surface area contributed by atoms with Crippen molar-refractivity contribution in [3.63, 3.8) is 0 Å². The molecule has 0 saturated carbocycles. The van der Waals surface area contributed by atoms with Gasteiger partial charge in [-0.2, -0.15) is 0 Å². The van der Waals surface area contributed by atoms with Gasteiger partial charge in [-0.1, -0.05) is 49.0 Å². The van der Waals surface area contributed by atoms with E-state index in [-0.39, 0.29) is 17.2 Å². The van der Waals surface area contributed by atoms with Crippen LogP contribution in [0.15, 0.2) is 52.4 Å². The fourth-order valence-electron chi connectivity index (χ4n) is 4.20. The zero-order valence-corrected chi connectivity index (χ0v) is 18.5. The Hall–Kier alpha value is -2.60. The molecule has 1 aliphatic heterocycles. The number of hydrogen-bond donors (Lipinski definition) is 0. The quantitative estimate of drug-likeness (QED) is 0.464. The number of nitrogens with zero attached hydrogens (tertiary/aromatic N) is 3. The Labute approximate surface area is 181 Å². The third-order valence-corrected chi connectivity index (χ3v) is 6.67. The zero-order valence-electron chi connectivity index (χ0n) is 17.7. The second-order valence-electron chi connectivity index (χ2n) is 8.17. The number of piperidine rings is 1. The summed E-state index contributed by atoms with van der Waals surface area (Å²) in [4.78, 5) is 33.0. The van der Waals surface area contributed by atoms with Gasteiger partial charge in [0.1, 0.15) is 0 Å². The SMILES string of the molecule is Cc1cccc(C)c1-n1c(SCC(=O)N2CCC[C@H](C)C2)nc2ccccc2c1=O. The van der Waals surface area contributed by atoms with E-state index in [2.05, 4.69) is 6.92 Å². The number of thioether (sulfide) groups is 1. The Balaban J connectivity index is 1.75. The Morgan fingerprint density at radius 1 is 1.13 bits per heavy atom. The van der Waals surface area contributed by atoms with Gasteiger partial charge in [-0.05, 0) is 55.9 Å². The smallest absolute Gasteiger partial charge is 0.266 e. The van der Waals surface area contributed by atoms with Crippen LogP contribution in [0.3, 0.4) is 0 Å². The number of amides is 1. The average Bonchev–Trinajstić information content (AvgIpc) is 2.73. The maximum absolute atomic E-state index is 13.5. The minimum absolute atomic E-state index is 0.0976. The number of carbonyl (C=O) groups excluding carboxylic acids is 1. The summed E-state index contributed by atoms with van der Waals surface area (Å²) in [5.41, 5.74) is 3.42. The van der Waals surface area contributed by atoms with E-state index < -0.39 is 0 Å². The lowest BCUT2D eigenvalue weighted by Gasteiger charge is -2.30. The van der Waals surface area contributed by atoms with Gasteiger partial charge in [-0.15, -0.1) is 0 Å². The van der Waals surface area contributed by atoms with Crippen molar-refractivity contribution in [2.75, 3.05) is 18.8 Å². The predicted molar refractivity (Wildman–Crippen MR) is 123 cm³/mol. The number of carbonyl (C=O) groups is 1. The van der Waals surface area contributed by atoms with Crippen molar-refractivity contribution in [3.8, 4) is 5.69 Å². The Bertz CT molecular complexity index is 1130. The third-order valence-electron chi connectivity index (χ3n) is 5.74. The van der Waals surface area contributed by atoms with Crippen molar-refractivity contribution < 1.29 is 4.79 Å². The predicted octanol–water partition coefficient (Wildman–Crippen LogP) is 4.35. The molecule has 4 rings (SSSR count). The van der Waals surface area contributed by atoms with Gasteiger partial charge >= 0.3 is 0 Å². The van der Waals surface area contributed by atoms with Crippen LogP contribution in [0.2, 0.25) is 0 Å². The first-order valence-corrected chi connectivity index (χ1v) is 11.4. The molecule has 0 spiro atoms. The maximum atomic E-state index is 13.5. The van der Waals surface area contributed by atoms with Gasteiger partial charge in [0, 0.05) is 13.1 Å². The first kappa shape index (κ1) is 20.7. The molecule has 156 valence electrons. The molecule has 0 unspecified atom stereocenters. The van der Waals surface area contributed by atoms with Crippen molar-refractivity contribution in [1.29, 1.82) is 0 Å². The third kappa shape index (κ3) is 4.01. The van der Waals surface area contributed by atoms with E-state index in [1.165, 1.54) is 18.2 Å². The van der Waals surface area contributed by atoms with Crippen LogP contribution in [-0.4, -0.2) is 39.2 Å². The molecule has 0 radical (unpaired) electrons. The Kier molecular flexibility index (Phi) is 5.95. The van der Waals surface area contributed by atoms with Crippen molar-refractivity contribution in [3.05, 3.63) is 63.9 Å². The van der Waals surface area contributed by atoms with E-state index in [1.54, 1.807) is 4.57 Å². The van der Waals surface area contributed by atoms with Crippen LogP contribution >= 0.6 is 11.8 Å². The molecular formula is C24H27N3O2S. The molecule has 2 heterocycles. The number of aromatic nitrogens is 2. The van der Waals surface area contributed by atoms with Crippen LogP contribution in [-0.2, 0) is 4.79 Å². The molecule has 1 atom stereocenters. The second kappa shape index (κ2) is 8.64. The molecule has 2 aromatic carbocycles. The molecule has 1 saturated heterocycles.